The van der Waals surface area contributed by atoms with Gasteiger partial charge in [-0.1, -0.05) is 0 Å². The summed E-state index contributed by atoms with van der Waals surface area (Å²) >= 11 is 0. The number of quaternary nitrogens is 2. The molecule has 0 aliphatic carbocycles. The van der Waals surface area contributed by atoms with Crippen molar-refractivity contribution in [2.24, 2.45) is 0 Å². The summed E-state index contributed by atoms with van der Waals surface area (Å²) in [7, 11) is 0. The number of hydrogen-bond acceptors (Lipinski definition) is 12. The first kappa shape index (κ1) is 71.4. The normalized spacial score (nSPS) is 3.27. The third-order valence-corrected chi connectivity index (χ3v) is 0. The number of carbonyl (C=O) groups excluding carboxylic acids is 6. The van der Waals surface area contributed by atoms with Gasteiger partial charge in [0, 0.05) is 38.8 Å². The van der Waals surface area contributed by atoms with Gasteiger partial charge >= 0.3 is 46.9 Å². The van der Waals surface area contributed by atoms with Gasteiger partial charge in [-0.05, 0) is 0 Å². The Kier molecular flexibility index (Phi) is 1140. The summed E-state index contributed by atoms with van der Waals surface area (Å²) in [4.78, 5) is 49.5. The van der Waals surface area contributed by atoms with Crippen LogP contribution in [-0.2, 0) is 46.1 Å². The zero-order chi connectivity index (χ0) is 16.2. The summed E-state index contributed by atoms with van der Waals surface area (Å²) in [6, 6.07) is 0. The average Bonchev–Trinajstić information content (AvgIpc) is 2.23. The molecule has 1 radical (unpaired) electrons. The Morgan fingerprint density at radius 1 is 0.409 bits per heavy atom. The molecule has 0 aliphatic heterocycles. The minimum atomic E-state index is -0.500. The van der Waals surface area contributed by atoms with Crippen molar-refractivity contribution in [1.29, 1.82) is 0 Å². The molecule has 0 saturated heterocycles. The van der Waals surface area contributed by atoms with Crippen molar-refractivity contribution in [3.05, 3.63) is 0 Å². The van der Waals surface area contributed by atoms with Crippen molar-refractivity contribution in [1.82, 2.24) is 12.3 Å². The molecule has 0 atom stereocenters. The Balaban J connectivity index is -0.00000000947. The molecule has 0 spiro atoms. The van der Waals surface area contributed by atoms with E-state index in [-0.39, 0.29) is 59.2 Å². The van der Waals surface area contributed by atoms with Crippen LogP contribution in [0.4, 0.5) is 0 Å². The van der Waals surface area contributed by atoms with Gasteiger partial charge in [0.25, 0.3) is 0 Å². The maximum Gasteiger partial charge on any atom is 3.00 e. The van der Waals surface area contributed by atoms with Gasteiger partial charge in [0.15, 0.2) is 0 Å². The fourth-order valence-corrected chi connectivity index (χ4v) is 0. The number of carboxylic acid groups (broad SMARTS) is 6. The van der Waals surface area contributed by atoms with Crippen LogP contribution in [0.5, 0.6) is 0 Å². The predicted octanol–water partition coefficient (Wildman–Crippen LogP) is -12.0. The van der Waals surface area contributed by atoms with Gasteiger partial charge in [-0.2, -0.15) is 0 Å². The monoisotopic (exact) mass is 381 g/mol. The van der Waals surface area contributed by atoms with Gasteiger partial charge in [0.05, 0.1) is 0 Å². The van der Waals surface area contributed by atoms with Crippen LogP contribution in [0.3, 0.4) is 0 Å². The summed E-state index contributed by atoms with van der Waals surface area (Å²) < 4.78 is 0. The van der Waals surface area contributed by atoms with E-state index in [0.29, 0.717) is 0 Å². The van der Waals surface area contributed by atoms with Crippen LogP contribution < -0.4 is 72.5 Å². The molecule has 0 saturated carbocycles. The van der Waals surface area contributed by atoms with Crippen LogP contribution in [-0.4, -0.2) is 38.8 Å². The topological polar surface area (TPSA) is 314 Å². The van der Waals surface area contributed by atoms with E-state index in [4.69, 9.17) is 59.4 Å². The molecule has 0 fully saturated rings. The Morgan fingerprint density at radius 2 is 0.409 bits per heavy atom. The zero-order valence-corrected chi connectivity index (χ0v) is 15.0. The van der Waals surface area contributed by atoms with E-state index in [0.717, 1.165) is 0 Å². The second kappa shape index (κ2) is 353. The molecule has 0 heterocycles. The molecule has 0 bridgehead atoms. The summed E-state index contributed by atoms with van der Waals surface area (Å²) in [5.41, 5.74) is 0. The van der Waals surface area contributed by atoms with Gasteiger partial charge in [0.1, 0.15) is 0 Å². The molecule has 0 aliphatic rings. The fraction of sp³-hybridized carbons (Fsp3) is 0. The van der Waals surface area contributed by atoms with Crippen molar-refractivity contribution in [3.63, 3.8) is 0 Å². The smallest absolute Gasteiger partial charge is 0.554 e. The summed E-state index contributed by atoms with van der Waals surface area (Å²) in [5.74, 6) is 0. The molecule has 0 unspecified atom stereocenters. The van der Waals surface area contributed by atoms with Gasteiger partial charge in [-0.25, -0.2) is 0 Å². The summed E-state index contributed by atoms with van der Waals surface area (Å²) in [6.07, 6.45) is 0. The van der Waals surface area contributed by atoms with Gasteiger partial charge in [-0.3, -0.25) is 0 Å². The SMILES string of the molecule is O=C[O-].O=C[O-].O=C[O-].O=C[O-].O=C[O-].O=C[O-].[Cr+3].[NH4+].[NH4+].[Na+]. The molecule has 0 aromatic carbocycles. The van der Waals surface area contributed by atoms with E-state index in [1.807, 2.05) is 0 Å². The first-order chi connectivity index (χ1) is 8.49. The molecule has 0 rings (SSSR count). The van der Waals surface area contributed by atoms with Crippen molar-refractivity contribution >= 4 is 38.8 Å². The molecule has 0 amide bonds. The van der Waals surface area contributed by atoms with Gasteiger partial charge < -0.3 is 71.7 Å². The summed E-state index contributed by atoms with van der Waals surface area (Å²) in [6.45, 7) is -3.00. The molecule has 22 heavy (non-hydrogen) atoms. The van der Waals surface area contributed by atoms with Crippen LogP contribution in [0.1, 0.15) is 0 Å². The molecule has 127 valence electrons. The molecule has 8 N–H and O–H groups in total. The van der Waals surface area contributed by atoms with E-state index in [1.165, 1.54) is 0 Å². The van der Waals surface area contributed by atoms with Crippen molar-refractivity contribution < 1.29 is 106 Å². The van der Waals surface area contributed by atoms with E-state index >= 15 is 0 Å². The Hall–Kier alpha value is -1.73. The van der Waals surface area contributed by atoms with Crippen molar-refractivity contribution in [2.45, 2.75) is 0 Å². The van der Waals surface area contributed by atoms with Crippen LogP contribution in [0.15, 0.2) is 0 Å². The third kappa shape index (κ3) is 1830. The molecule has 16 heteroatoms. The van der Waals surface area contributed by atoms with Crippen LogP contribution in [0.2, 0.25) is 0 Å². The van der Waals surface area contributed by atoms with E-state index in [9.17, 15) is 0 Å². The maximum atomic E-state index is 8.25. The molecular weight excluding hydrogens is 367 g/mol. The Labute approximate surface area is 157 Å². The van der Waals surface area contributed by atoms with Gasteiger partial charge in [0.2, 0.25) is 0 Å². The summed E-state index contributed by atoms with van der Waals surface area (Å²) in [5, 5.41) is 49.5. The first-order valence-corrected chi connectivity index (χ1v) is 2.83. The standard InChI is InChI=1S/6CH2O2.Cr.2H3N.Na/c6*2-1-3;;;;/h6*1H,(H,2,3);;2*1H3;/q;;;;;;+3;;;+1/p-4. The van der Waals surface area contributed by atoms with Crippen molar-refractivity contribution in [2.75, 3.05) is 0 Å². The molecular formula is C6H14CrN2NaO12. The van der Waals surface area contributed by atoms with E-state index in [2.05, 4.69) is 0 Å². The van der Waals surface area contributed by atoms with Crippen LogP contribution in [0.25, 0.3) is 0 Å². The first-order valence-electron chi connectivity index (χ1n) is 2.83. The quantitative estimate of drug-likeness (QED) is 0.291. The number of hydrogen-bond donors (Lipinski definition) is 2. The fourth-order valence-electron chi connectivity index (χ4n) is 0. The minimum absolute atomic E-state index is 0. The van der Waals surface area contributed by atoms with Gasteiger partial charge in [-0.15, -0.1) is 0 Å². The molecule has 0 aromatic heterocycles. The molecule has 14 nitrogen and oxygen atoms in total. The number of carbonyl (C=O) groups is 6. The zero-order valence-electron chi connectivity index (χ0n) is 11.8. The Bertz CT molecular complexity index is 129. The minimum Gasteiger partial charge on any atom is -0.554 e. The second-order valence-electron chi connectivity index (χ2n) is 0.577. The van der Waals surface area contributed by atoms with Crippen LogP contribution in [0, 0.1) is 0 Å². The largest absolute Gasteiger partial charge is 3.00 e. The van der Waals surface area contributed by atoms with E-state index in [1.54, 1.807) is 0 Å². The van der Waals surface area contributed by atoms with Crippen molar-refractivity contribution in [3.8, 4) is 0 Å². The second-order valence-corrected chi connectivity index (χ2v) is 0.577. The molecule has 0 aromatic rings. The van der Waals surface area contributed by atoms with Crippen LogP contribution >= 0.6 is 0 Å². The number of rotatable bonds is 0. The predicted molar refractivity (Wildman–Crippen MR) is 48.4 cm³/mol. The third-order valence-electron chi connectivity index (χ3n) is 0. The van der Waals surface area contributed by atoms with E-state index < -0.39 is 38.8 Å². The Morgan fingerprint density at radius 3 is 0.409 bits per heavy atom. The maximum absolute atomic E-state index is 8.25. The average molecular weight is 381 g/mol.